The van der Waals surface area contributed by atoms with Crippen molar-refractivity contribution < 1.29 is 14.3 Å². The first-order valence-corrected chi connectivity index (χ1v) is 12.8. The lowest BCUT2D eigenvalue weighted by atomic mass is 10.0. The molecule has 0 fully saturated rings. The zero-order valence-electron chi connectivity index (χ0n) is 22.9. The lowest BCUT2D eigenvalue weighted by Gasteiger charge is -2.08. The topological polar surface area (TPSA) is 84.3 Å². The highest BCUT2D eigenvalue weighted by atomic mass is 16.5. The number of benzene rings is 5. The van der Waals surface area contributed by atoms with Gasteiger partial charge in [0.1, 0.15) is 11.5 Å². The van der Waals surface area contributed by atoms with Crippen LogP contribution >= 0.6 is 0 Å². The van der Waals surface area contributed by atoms with Gasteiger partial charge < -0.3 is 9.47 Å². The standard InChI is InChI=1S/C33H30N4O3/c1-21(24-5-7-28-19-31(39-3)15-11-26(28)17-24)34-36-30-13-9-23(10-14-30)33(38)37-35-22(2)25-6-8-29-20-32(40-4)16-12-27(29)18-25/h5-20,36H,1-4H3,(H,37,38). The molecule has 200 valence electrons. The zero-order valence-corrected chi connectivity index (χ0v) is 22.9. The van der Waals surface area contributed by atoms with Crippen LogP contribution in [-0.4, -0.2) is 31.6 Å². The van der Waals surface area contributed by atoms with Crippen LogP contribution in [0.15, 0.2) is 107 Å². The molecule has 40 heavy (non-hydrogen) atoms. The Balaban J connectivity index is 1.21. The molecule has 0 radical (unpaired) electrons. The van der Waals surface area contributed by atoms with E-state index >= 15 is 0 Å². The van der Waals surface area contributed by atoms with Gasteiger partial charge in [0.05, 0.1) is 31.3 Å². The first-order chi connectivity index (χ1) is 19.4. The average molecular weight is 531 g/mol. The molecule has 0 aliphatic carbocycles. The van der Waals surface area contributed by atoms with Crippen LogP contribution in [0.3, 0.4) is 0 Å². The maximum absolute atomic E-state index is 12.7. The van der Waals surface area contributed by atoms with Crippen molar-refractivity contribution in [3.8, 4) is 11.5 Å². The maximum Gasteiger partial charge on any atom is 0.271 e. The fourth-order valence-electron chi connectivity index (χ4n) is 4.32. The Morgan fingerprint density at radius 1 is 0.575 bits per heavy atom. The highest BCUT2D eigenvalue weighted by Crippen LogP contribution is 2.23. The number of nitrogens with zero attached hydrogens (tertiary/aromatic N) is 2. The van der Waals surface area contributed by atoms with Crippen LogP contribution in [0.2, 0.25) is 0 Å². The van der Waals surface area contributed by atoms with E-state index in [1.807, 2.05) is 86.6 Å². The van der Waals surface area contributed by atoms with Crippen LogP contribution in [0.4, 0.5) is 5.69 Å². The maximum atomic E-state index is 12.7. The summed E-state index contributed by atoms with van der Waals surface area (Å²) in [6.45, 7) is 3.82. The second kappa shape index (κ2) is 11.7. The van der Waals surface area contributed by atoms with E-state index in [4.69, 9.17) is 9.47 Å². The van der Waals surface area contributed by atoms with Gasteiger partial charge in [-0.15, -0.1) is 0 Å². The van der Waals surface area contributed by atoms with Gasteiger partial charge >= 0.3 is 0 Å². The molecule has 0 atom stereocenters. The minimum Gasteiger partial charge on any atom is -0.497 e. The van der Waals surface area contributed by atoms with Crippen molar-refractivity contribution in [1.29, 1.82) is 0 Å². The van der Waals surface area contributed by atoms with E-state index in [0.717, 1.165) is 55.6 Å². The summed E-state index contributed by atoms with van der Waals surface area (Å²) >= 11 is 0. The summed E-state index contributed by atoms with van der Waals surface area (Å²) < 4.78 is 10.6. The van der Waals surface area contributed by atoms with Crippen LogP contribution in [-0.2, 0) is 0 Å². The van der Waals surface area contributed by atoms with Crippen LogP contribution in [0.25, 0.3) is 21.5 Å². The van der Waals surface area contributed by atoms with Crippen molar-refractivity contribution >= 4 is 44.6 Å². The summed E-state index contributed by atoms with van der Waals surface area (Å²) in [5.41, 5.74) is 10.5. The minimum absolute atomic E-state index is 0.288. The van der Waals surface area contributed by atoms with Crippen molar-refractivity contribution in [1.82, 2.24) is 5.43 Å². The van der Waals surface area contributed by atoms with E-state index in [9.17, 15) is 4.79 Å². The largest absolute Gasteiger partial charge is 0.497 e. The molecule has 0 aliphatic rings. The lowest BCUT2D eigenvalue weighted by Crippen LogP contribution is -2.19. The predicted octanol–water partition coefficient (Wildman–Crippen LogP) is 7.00. The Morgan fingerprint density at radius 3 is 1.55 bits per heavy atom. The van der Waals surface area contributed by atoms with Crippen LogP contribution in [0.1, 0.15) is 35.3 Å². The Labute approximate surface area is 233 Å². The molecule has 0 saturated carbocycles. The van der Waals surface area contributed by atoms with Crippen molar-refractivity contribution in [2.45, 2.75) is 13.8 Å². The van der Waals surface area contributed by atoms with Gasteiger partial charge in [-0.05, 0) is 107 Å². The number of hydrogen-bond acceptors (Lipinski definition) is 6. The molecule has 0 heterocycles. The fraction of sp³-hybridized carbons (Fsp3) is 0.121. The minimum atomic E-state index is -0.288. The first-order valence-electron chi connectivity index (χ1n) is 12.8. The molecule has 1 amide bonds. The second-order valence-electron chi connectivity index (χ2n) is 9.38. The number of rotatable bonds is 8. The van der Waals surface area contributed by atoms with Gasteiger partial charge in [0, 0.05) is 5.56 Å². The number of carbonyl (C=O) groups is 1. The first kappa shape index (κ1) is 26.4. The van der Waals surface area contributed by atoms with E-state index in [0.29, 0.717) is 11.3 Å². The number of amides is 1. The Bertz CT molecular complexity index is 1760. The Kier molecular flexibility index (Phi) is 7.73. The number of anilines is 1. The second-order valence-corrected chi connectivity index (χ2v) is 9.38. The average Bonchev–Trinajstić information content (AvgIpc) is 3.01. The van der Waals surface area contributed by atoms with Gasteiger partial charge in [-0.2, -0.15) is 10.2 Å². The van der Waals surface area contributed by atoms with Crippen LogP contribution < -0.4 is 20.3 Å². The van der Waals surface area contributed by atoms with Crippen molar-refractivity contribution in [2.24, 2.45) is 10.2 Å². The van der Waals surface area contributed by atoms with E-state index < -0.39 is 0 Å². The summed E-state index contributed by atoms with van der Waals surface area (Å²) in [6.07, 6.45) is 0. The molecule has 0 saturated heterocycles. The molecular weight excluding hydrogens is 500 g/mol. The van der Waals surface area contributed by atoms with Crippen molar-refractivity contribution in [3.63, 3.8) is 0 Å². The van der Waals surface area contributed by atoms with E-state index in [-0.39, 0.29) is 5.91 Å². The third kappa shape index (κ3) is 5.94. The highest BCUT2D eigenvalue weighted by molar-refractivity contribution is 6.04. The summed E-state index contributed by atoms with van der Waals surface area (Å²) in [5, 5.41) is 13.2. The van der Waals surface area contributed by atoms with Gasteiger partial charge in [0.2, 0.25) is 0 Å². The number of hydrazone groups is 2. The number of fused-ring (bicyclic) bond motifs is 2. The van der Waals surface area contributed by atoms with Crippen molar-refractivity contribution in [3.05, 3.63) is 114 Å². The SMILES string of the molecule is COc1ccc2cc(C(C)=NNC(=O)c3ccc(NN=C(C)c4ccc5cc(OC)ccc5c4)cc3)ccc2c1. The number of methoxy groups -OCH3 is 2. The number of carbonyl (C=O) groups excluding carboxylic acids is 1. The smallest absolute Gasteiger partial charge is 0.271 e. The summed E-state index contributed by atoms with van der Waals surface area (Å²) in [4.78, 5) is 12.7. The van der Waals surface area contributed by atoms with E-state index in [1.54, 1.807) is 26.4 Å². The molecule has 0 aliphatic heterocycles. The van der Waals surface area contributed by atoms with Crippen LogP contribution in [0.5, 0.6) is 11.5 Å². The lowest BCUT2D eigenvalue weighted by molar-refractivity contribution is 0.0955. The molecule has 2 N–H and O–H groups in total. The Morgan fingerprint density at radius 2 is 1.02 bits per heavy atom. The van der Waals surface area contributed by atoms with Gasteiger partial charge in [0.25, 0.3) is 5.91 Å². The zero-order chi connectivity index (χ0) is 28.1. The molecule has 7 heteroatoms. The molecular formula is C33H30N4O3. The van der Waals surface area contributed by atoms with Gasteiger partial charge in [0.15, 0.2) is 0 Å². The number of ether oxygens (including phenoxy) is 2. The molecule has 7 nitrogen and oxygen atoms in total. The molecule has 0 aromatic heterocycles. The molecule has 5 rings (SSSR count). The Hall–Kier alpha value is -5.17. The quantitative estimate of drug-likeness (QED) is 0.167. The molecule has 0 bridgehead atoms. The number of hydrogen-bond donors (Lipinski definition) is 2. The van der Waals surface area contributed by atoms with Crippen molar-refractivity contribution in [2.75, 3.05) is 19.6 Å². The van der Waals surface area contributed by atoms with Gasteiger partial charge in [-0.25, -0.2) is 5.43 Å². The predicted molar refractivity (Wildman–Crippen MR) is 163 cm³/mol. The van der Waals surface area contributed by atoms with E-state index in [1.165, 1.54) is 0 Å². The number of nitrogens with one attached hydrogen (secondary N) is 2. The van der Waals surface area contributed by atoms with E-state index in [2.05, 4.69) is 33.2 Å². The molecule has 0 spiro atoms. The molecule has 5 aromatic carbocycles. The van der Waals surface area contributed by atoms with Gasteiger partial charge in [-0.1, -0.05) is 36.4 Å². The fourth-order valence-corrected chi connectivity index (χ4v) is 4.32. The normalized spacial score (nSPS) is 11.9. The summed E-state index contributed by atoms with van der Waals surface area (Å²) in [6, 6.07) is 31.2. The third-order valence-electron chi connectivity index (χ3n) is 6.76. The monoisotopic (exact) mass is 530 g/mol. The third-order valence-corrected chi connectivity index (χ3v) is 6.76. The molecule has 0 unspecified atom stereocenters. The van der Waals surface area contributed by atoms with Gasteiger partial charge in [-0.3, -0.25) is 10.2 Å². The summed E-state index contributed by atoms with van der Waals surface area (Å²) in [5.74, 6) is 1.36. The van der Waals surface area contributed by atoms with Crippen LogP contribution in [0, 0.1) is 0 Å². The summed E-state index contributed by atoms with van der Waals surface area (Å²) in [7, 11) is 3.32. The molecule has 5 aromatic rings. The highest BCUT2D eigenvalue weighted by Gasteiger charge is 2.07.